The van der Waals surface area contributed by atoms with E-state index in [9.17, 15) is 17.6 Å². The molecule has 1 saturated heterocycles. The van der Waals surface area contributed by atoms with Crippen LogP contribution in [0, 0.1) is 5.82 Å². The van der Waals surface area contributed by atoms with Gasteiger partial charge in [-0.05, 0) is 68.2 Å². The van der Waals surface area contributed by atoms with Gasteiger partial charge in [0, 0.05) is 13.1 Å². The highest BCUT2D eigenvalue weighted by Gasteiger charge is 2.29. The molecule has 2 aromatic rings. The van der Waals surface area contributed by atoms with Gasteiger partial charge in [0.05, 0.1) is 11.9 Å². The molecule has 3 rings (SSSR count). The molecular weight excluding hydrogens is 417 g/mol. The maximum absolute atomic E-state index is 13.2. The number of piperidine rings is 1. The highest BCUT2D eigenvalue weighted by Crippen LogP contribution is 2.21. The molecule has 1 atom stereocenters. The Balaban J connectivity index is 1.60. The third-order valence-corrected chi connectivity index (χ3v) is 6.76. The van der Waals surface area contributed by atoms with Gasteiger partial charge in [-0.3, -0.25) is 14.0 Å². The number of carbonyl (C=O) groups excluding carboxylic acids is 1. The number of hydrogen-bond acceptors (Lipinski definition) is 4. The highest BCUT2D eigenvalue weighted by atomic mass is 32.2. The van der Waals surface area contributed by atoms with E-state index in [1.807, 2.05) is 12.1 Å². The molecule has 0 saturated carbocycles. The Morgan fingerprint density at radius 3 is 2.19 bits per heavy atom. The van der Waals surface area contributed by atoms with Gasteiger partial charge in [0.2, 0.25) is 15.9 Å². The van der Waals surface area contributed by atoms with E-state index in [-0.39, 0.29) is 5.69 Å². The second-order valence-corrected chi connectivity index (χ2v) is 9.94. The molecule has 1 aliphatic rings. The zero-order chi connectivity index (χ0) is 22.4. The van der Waals surface area contributed by atoms with Crippen LogP contribution >= 0.6 is 0 Å². The Kier molecular flexibility index (Phi) is 7.67. The van der Waals surface area contributed by atoms with E-state index in [0.29, 0.717) is 6.54 Å². The Bertz CT molecular complexity index is 972. The molecule has 0 aromatic heterocycles. The summed E-state index contributed by atoms with van der Waals surface area (Å²) in [6.07, 6.45) is 4.85. The number of nitrogens with zero attached hydrogens (tertiary/aromatic N) is 2. The van der Waals surface area contributed by atoms with Crippen molar-refractivity contribution in [1.29, 1.82) is 0 Å². The van der Waals surface area contributed by atoms with E-state index < -0.39 is 27.8 Å². The summed E-state index contributed by atoms with van der Waals surface area (Å²) in [5, 5.41) is 2.80. The van der Waals surface area contributed by atoms with Crippen LogP contribution in [0.4, 0.5) is 10.1 Å². The fourth-order valence-electron chi connectivity index (χ4n) is 3.87. The van der Waals surface area contributed by atoms with Crippen molar-refractivity contribution in [2.75, 3.05) is 23.7 Å². The zero-order valence-corrected chi connectivity index (χ0v) is 18.9. The van der Waals surface area contributed by atoms with Crippen LogP contribution < -0.4 is 9.62 Å². The van der Waals surface area contributed by atoms with Crippen LogP contribution in [0.5, 0.6) is 0 Å². The maximum Gasteiger partial charge on any atom is 0.243 e. The smallest absolute Gasteiger partial charge is 0.243 e. The minimum atomic E-state index is -3.73. The normalized spacial score (nSPS) is 16.0. The molecule has 0 unspecified atom stereocenters. The van der Waals surface area contributed by atoms with Crippen molar-refractivity contribution in [1.82, 2.24) is 10.2 Å². The van der Waals surface area contributed by atoms with Gasteiger partial charge in [0.1, 0.15) is 11.9 Å². The van der Waals surface area contributed by atoms with E-state index in [1.165, 1.54) is 56.0 Å². The van der Waals surface area contributed by atoms with Crippen molar-refractivity contribution in [2.45, 2.75) is 45.3 Å². The van der Waals surface area contributed by atoms with Crippen LogP contribution in [0.15, 0.2) is 48.5 Å². The molecule has 8 heteroatoms. The summed E-state index contributed by atoms with van der Waals surface area (Å²) in [7, 11) is -3.73. The standard InChI is InChI=1S/C23H30FN3O3S/c1-18(27(31(2,29)30)22-12-10-21(24)11-13-22)23(28)25-16-19-6-8-20(9-7-19)17-26-14-4-3-5-15-26/h6-13,18H,3-5,14-17H2,1-2H3,(H,25,28)/t18-/m1/s1. The first-order valence-corrected chi connectivity index (χ1v) is 12.4. The summed E-state index contributed by atoms with van der Waals surface area (Å²) in [5.41, 5.74) is 2.43. The SMILES string of the molecule is C[C@H](C(=O)NCc1ccc(CN2CCCCC2)cc1)N(c1ccc(F)cc1)S(C)(=O)=O. The van der Waals surface area contributed by atoms with Crippen molar-refractivity contribution in [2.24, 2.45) is 0 Å². The van der Waals surface area contributed by atoms with E-state index in [2.05, 4.69) is 22.3 Å². The largest absolute Gasteiger partial charge is 0.350 e. The van der Waals surface area contributed by atoms with Crippen LogP contribution in [0.2, 0.25) is 0 Å². The lowest BCUT2D eigenvalue weighted by Gasteiger charge is -2.28. The average molecular weight is 448 g/mol. The predicted molar refractivity (Wildman–Crippen MR) is 121 cm³/mol. The second kappa shape index (κ2) is 10.2. The molecule has 0 radical (unpaired) electrons. The maximum atomic E-state index is 13.2. The second-order valence-electron chi connectivity index (χ2n) is 8.08. The van der Waals surface area contributed by atoms with Gasteiger partial charge in [-0.2, -0.15) is 0 Å². The van der Waals surface area contributed by atoms with E-state index in [1.54, 1.807) is 0 Å². The van der Waals surface area contributed by atoms with Gasteiger partial charge in [-0.15, -0.1) is 0 Å². The molecule has 2 aromatic carbocycles. The lowest BCUT2D eigenvalue weighted by atomic mass is 10.1. The Morgan fingerprint density at radius 1 is 1.03 bits per heavy atom. The summed E-state index contributed by atoms with van der Waals surface area (Å²) in [4.78, 5) is 15.1. The molecule has 1 N–H and O–H groups in total. The number of nitrogens with one attached hydrogen (secondary N) is 1. The number of anilines is 1. The van der Waals surface area contributed by atoms with Gasteiger partial charge in [0.15, 0.2) is 0 Å². The molecule has 168 valence electrons. The van der Waals surface area contributed by atoms with Gasteiger partial charge in [0.25, 0.3) is 0 Å². The fourth-order valence-corrected chi connectivity index (χ4v) is 5.05. The van der Waals surface area contributed by atoms with Gasteiger partial charge >= 0.3 is 0 Å². The van der Waals surface area contributed by atoms with Crippen molar-refractivity contribution in [3.8, 4) is 0 Å². The van der Waals surface area contributed by atoms with Crippen LogP contribution in [0.3, 0.4) is 0 Å². The number of hydrogen-bond donors (Lipinski definition) is 1. The molecule has 31 heavy (non-hydrogen) atoms. The molecule has 0 spiro atoms. The first kappa shape index (κ1) is 23.2. The average Bonchev–Trinajstić information content (AvgIpc) is 2.74. The molecule has 0 bridgehead atoms. The van der Waals surface area contributed by atoms with Crippen molar-refractivity contribution in [3.63, 3.8) is 0 Å². The molecule has 1 fully saturated rings. The summed E-state index contributed by atoms with van der Waals surface area (Å²) in [5.74, 6) is -0.898. The number of likely N-dealkylation sites (tertiary alicyclic amines) is 1. The number of benzene rings is 2. The number of carbonyl (C=O) groups is 1. The first-order valence-electron chi connectivity index (χ1n) is 10.6. The molecule has 0 aliphatic carbocycles. The molecule has 1 amide bonds. The Morgan fingerprint density at radius 2 is 1.61 bits per heavy atom. The van der Waals surface area contributed by atoms with Crippen LogP contribution in [0.1, 0.15) is 37.3 Å². The minimum Gasteiger partial charge on any atom is -0.350 e. The molecule has 6 nitrogen and oxygen atoms in total. The topological polar surface area (TPSA) is 69.7 Å². The van der Waals surface area contributed by atoms with Gasteiger partial charge in [-0.25, -0.2) is 12.8 Å². The van der Waals surface area contributed by atoms with Crippen LogP contribution in [-0.4, -0.2) is 44.6 Å². The fraction of sp³-hybridized carbons (Fsp3) is 0.435. The van der Waals surface area contributed by atoms with Crippen molar-refractivity contribution < 1.29 is 17.6 Å². The number of amides is 1. The zero-order valence-electron chi connectivity index (χ0n) is 18.1. The summed E-state index contributed by atoms with van der Waals surface area (Å²) < 4.78 is 38.8. The van der Waals surface area contributed by atoms with E-state index in [0.717, 1.165) is 35.8 Å². The van der Waals surface area contributed by atoms with E-state index in [4.69, 9.17) is 0 Å². The first-order chi connectivity index (χ1) is 14.7. The lowest BCUT2D eigenvalue weighted by Crippen LogP contribution is -2.47. The predicted octanol–water partition coefficient (Wildman–Crippen LogP) is 3.28. The number of halogens is 1. The third-order valence-electron chi connectivity index (χ3n) is 5.51. The summed E-state index contributed by atoms with van der Waals surface area (Å²) >= 11 is 0. The summed E-state index contributed by atoms with van der Waals surface area (Å²) in [6.45, 7) is 5.03. The summed E-state index contributed by atoms with van der Waals surface area (Å²) in [6, 6.07) is 12.2. The lowest BCUT2D eigenvalue weighted by molar-refractivity contribution is -0.122. The molecule has 1 aliphatic heterocycles. The van der Waals surface area contributed by atoms with Gasteiger partial charge in [-0.1, -0.05) is 30.7 Å². The quantitative estimate of drug-likeness (QED) is 0.674. The number of rotatable bonds is 8. The minimum absolute atomic E-state index is 0.244. The highest BCUT2D eigenvalue weighted by molar-refractivity contribution is 7.92. The van der Waals surface area contributed by atoms with Crippen LogP contribution in [0.25, 0.3) is 0 Å². The Labute approximate surface area is 184 Å². The Hall–Kier alpha value is -2.45. The molecular formula is C23H30FN3O3S. The van der Waals surface area contributed by atoms with Crippen LogP contribution in [-0.2, 0) is 27.9 Å². The van der Waals surface area contributed by atoms with Crippen molar-refractivity contribution in [3.05, 3.63) is 65.5 Å². The molecule has 1 heterocycles. The van der Waals surface area contributed by atoms with Gasteiger partial charge < -0.3 is 5.32 Å². The third kappa shape index (κ3) is 6.51. The van der Waals surface area contributed by atoms with E-state index >= 15 is 0 Å². The monoisotopic (exact) mass is 447 g/mol. The van der Waals surface area contributed by atoms with Crippen molar-refractivity contribution >= 4 is 21.6 Å². The number of sulfonamides is 1.